The number of hydrogen-bond donors (Lipinski definition) is 0. The molecule has 1 nitrogen and oxygen atoms in total. The molecule has 0 amide bonds. The Hall–Kier alpha value is -0.560. The number of hydrogen-bond acceptors (Lipinski definition) is 1. The standard InChI is InChI=1S/C9H12ClN/c1-9(2,7-10)8-5-3-4-6-11-8/h3-6H,7H2,1-2H3. The fourth-order valence-electron chi connectivity index (χ4n) is 0.832. The summed E-state index contributed by atoms with van der Waals surface area (Å²) < 4.78 is 0. The van der Waals surface area contributed by atoms with Gasteiger partial charge in [-0.25, -0.2) is 0 Å². The van der Waals surface area contributed by atoms with Crippen LogP contribution in [0.3, 0.4) is 0 Å². The van der Waals surface area contributed by atoms with E-state index in [4.69, 9.17) is 11.6 Å². The Morgan fingerprint density at radius 3 is 2.64 bits per heavy atom. The molecule has 0 aliphatic carbocycles. The second kappa shape index (κ2) is 3.22. The third-order valence-corrected chi connectivity index (χ3v) is 2.36. The molecule has 0 spiro atoms. The van der Waals surface area contributed by atoms with Gasteiger partial charge in [-0.05, 0) is 12.1 Å². The lowest BCUT2D eigenvalue weighted by molar-refractivity contribution is 0.576. The van der Waals surface area contributed by atoms with Crippen molar-refractivity contribution in [3.05, 3.63) is 30.1 Å². The van der Waals surface area contributed by atoms with Gasteiger partial charge in [0.2, 0.25) is 0 Å². The molecule has 11 heavy (non-hydrogen) atoms. The molecule has 1 aromatic heterocycles. The minimum absolute atomic E-state index is 0.0111. The van der Waals surface area contributed by atoms with Crippen LogP contribution in [0.5, 0.6) is 0 Å². The summed E-state index contributed by atoms with van der Waals surface area (Å²) in [5, 5.41) is 0. The maximum atomic E-state index is 5.79. The average Bonchev–Trinajstić information content (AvgIpc) is 2.06. The van der Waals surface area contributed by atoms with E-state index in [1.165, 1.54) is 0 Å². The van der Waals surface area contributed by atoms with Crippen molar-refractivity contribution in [1.29, 1.82) is 0 Å². The van der Waals surface area contributed by atoms with Crippen molar-refractivity contribution in [2.24, 2.45) is 0 Å². The van der Waals surface area contributed by atoms with Crippen molar-refractivity contribution in [3.8, 4) is 0 Å². The minimum Gasteiger partial charge on any atom is -0.261 e. The summed E-state index contributed by atoms with van der Waals surface area (Å²) >= 11 is 5.79. The van der Waals surface area contributed by atoms with Gasteiger partial charge in [-0.3, -0.25) is 4.98 Å². The molecule has 0 fully saturated rings. The van der Waals surface area contributed by atoms with Crippen LogP contribution in [0.15, 0.2) is 24.4 Å². The third kappa shape index (κ3) is 1.93. The van der Waals surface area contributed by atoms with Crippen LogP contribution in [0, 0.1) is 0 Å². The third-order valence-electron chi connectivity index (χ3n) is 1.69. The lowest BCUT2D eigenvalue weighted by Gasteiger charge is -2.19. The highest BCUT2D eigenvalue weighted by molar-refractivity contribution is 6.18. The van der Waals surface area contributed by atoms with E-state index in [1.54, 1.807) is 6.20 Å². The highest BCUT2D eigenvalue weighted by Gasteiger charge is 2.19. The number of halogens is 1. The van der Waals surface area contributed by atoms with Crippen molar-refractivity contribution in [2.45, 2.75) is 19.3 Å². The minimum atomic E-state index is -0.0111. The zero-order valence-corrected chi connectivity index (χ0v) is 7.60. The Kier molecular flexibility index (Phi) is 2.50. The van der Waals surface area contributed by atoms with Crippen LogP contribution in [0.25, 0.3) is 0 Å². The number of alkyl halides is 1. The summed E-state index contributed by atoms with van der Waals surface area (Å²) in [6, 6.07) is 5.90. The van der Waals surface area contributed by atoms with Gasteiger partial charge in [-0.1, -0.05) is 19.9 Å². The van der Waals surface area contributed by atoms with E-state index >= 15 is 0 Å². The molecule has 60 valence electrons. The van der Waals surface area contributed by atoms with E-state index in [0.717, 1.165) is 5.69 Å². The molecule has 1 heterocycles. The summed E-state index contributed by atoms with van der Waals surface area (Å²) in [5.41, 5.74) is 1.04. The van der Waals surface area contributed by atoms with Crippen LogP contribution in [0.4, 0.5) is 0 Å². The van der Waals surface area contributed by atoms with E-state index in [1.807, 2.05) is 18.2 Å². The molecular formula is C9H12ClN. The van der Waals surface area contributed by atoms with Crippen LogP contribution >= 0.6 is 11.6 Å². The van der Waals surface area contributed by atoms with Crippen LogP contribution in [0.2, 0.25) is 0 Å². The molecule has 0 aromatic carbocycles. The van der Waals surface area contributed by atoms with Gasteiger partial charge in [0.15, 0.2) is 0 Å². The average molecular weight is 170 g/mol. The number of rotatable bonds is 2. The van der Waals surface area contributed by atoms with Crippen molar-refractivity contribution in [3.63, 3.8) is 0 Å². The molecule has 0 aliphatic heterocycles. The second-order valence-electron chi connectivity index (χ2n) is 3.23. The molecule has 0 atom stereocenters. The first kappa shape index (κ1) is 8.54. The van der Waals surface area contributed by atoms with Gasteiger partial charge in [-0.2, -0.15) is 0 Å². The maximum absolute atomic E-state index is 5.79. The number of nitrogens with zero attached hydrogens (tertiary/aromatic N) is 1. The Bertz CT molecular complexity index is 218. The molecule has 0 saturated carbocycles. The van der Waals surface area contributed by atoms with Crippen molar-refractivity contribution in [1.82, 2.24) is 4.98 Å². The molecule has 0 N–H and O–H groups in total. The highest BCUT2D eigenvalue weighted by atomic mass is 35.5. The zero-order chi connectivity index (χ0) is 8.32. The van der Waals surface area contributed by atoms with Crippen LogP contribution in [-0.4, -0.2) is 10.9 Å². The predicted octanol–water partition coefficient (Wildman–Crippen LogP) is 2.60. The first-order chi connectivity index (χ1) is 5.17. The molecule has 0 bridgehead atoms. The van der Waals surface area contributed by atoms with Crippen molar-refractivity contribution < 1.29 is 0 Å². The molecule has 0 saturated heterocycles. The van der Waals surface area contributed by atoms with Gasteiger partial charge in [0.1, 0.15) is 0 Å². The van der Waals surface area contributed by atoms with Crippen molar-refractivity contribution in [2.75, 3.05) is 5.88 Å². The molecular weight excluding hydrogens is 158 g/mol. The molecule has 0 aliphatic rings. The zero-order valence-electron chi connectivity index (χ0n) is 6.84. The summed E-state index contributed by atoms with van der Waals surface area (Å²) in [6.07, 6.45) is 1.80. The Morgan fingerprint density at radius 1 is 1.45 bits per heavy atom. The van der Waals surface area contributed by atoms with Gasteiger partial charge in [0, 0.05) is 23.2 Å². The van der Waals surface area contributed by atoms with Crippen LogP contribution < -0.4 is 0 Å². The second-order valence-corrected chi connectivity index (χ2v) is 3.50. The van der Waals surface area contributed by atoms with E-state index < -0.39 is 0 Å². The normalized spacial score (nSPS) is 11.5. The fourth-order valence-corrected chi connectivity index (χ4v) is 0.968. The quantitative estimate of drug-likeness (QED) is 0.621. The molecule has 0 radical (unpaired) electrons. The van der Waals surface area contributed by atoms with Gasteiger partial charge in [-0.15, -0.1) is 11.6 Å². The van der Waals surface area contributed by atoms with Crippen LogP contribution in [-0.2, 0) is 5.41 Å². The monoisotopic (exact) mass is 169 g/mol. The van der Waals surface area contributed by atoms with Crippen LogP contribution in [0.1, 0.15) is 19.5 Å². The number of pyridine rings is 1. The van der Waals surface area contributed by atoms with E-state index in [-0.39, 0.29) is 5.41 Å². The maximum Gasteiger partial charge on any atom is 0.0471 e. The lowest BCUT2D eigenvalue weighted by Crippen LogP contribution is -2.20. The van der Waals surface area contributed by atoms with Gasteiger partial charge >= 0.3 is 0 Å². The summed E-state index contributed by atoms with van der Waals surface area (Å²) in [7, 11) is 0. The smallest absolute Gasteiger partial charge is 0.0471 e. The Labute approximate surface area is 72.4 Å². The first-order valence-corrected chi connectivity index (χ1v) is 4.18. The lowest BCUT2D eigenvalue weighted by atomic mass is 9.91. The van der Waals surface area contributed by atoms with E-state index in [0.29, 0.717) is 5.88 Å². The summed E-state index contributed by atoms with van der Waals surface area (Å²) in [4.78, 5) is 4.24. The largest absolute Gasteiger partial charge is 0.261 e. The predicted molar refractivity (Wildman–Crippen MR) is 48.0 cm³/mol. The highest BCUT2D eigenvalue weighted by Crippen LogP contribution is 2.21. The Balaban J connectivity index is 2.93. The van der Waals surface area contributed by atoms with Gasteiger partial charge < -0.3 is 0 Å². The summed E-state index contributed by atoms with van der Waals surface area (Å²) in [6.45, 7) is 4.17. The molecule has 1 aromatic rings. The van der Waals surface area contributed by atoms with E-state index in [2.05, 4.69) is 18.8 Å². The Morgan fingerprint density at radius 2 is 2.18 bits per heavy atom. The topological polar surface area (TPSA) is 12.9 Å². The van der Waals surface area contributed by atoms with E-state index in [9.17, 15) is 0 Å². The molecule has 2 heteroatoms. The van der Waals surface area contributed by atoms with Crippen molar-refractivity contribution >= 4 is 11.6 Å². The summed E-state index contributed by atoms with van der Waals surface area (Å²) in [5.74, 6) is 0.601. The number of aromatic nitrogens is 1. The molecule has 0 unspecified atom stereocenters. The van der Waals surface area contributed by atoms with Gasteiger partial charge in [0.25, 0.3) is 0 Å². The molecule has 1 rings (SSSR count). The van der Waals surface area contributed by atoms with Gasteiger partial charge in [0.05, 0.1) is 0 Å². The first-order valence-electron chi connectivity index (χ1n) is 3.64. The SMILES string of the molecule is CC(C)(CCl)c1ccccn1. The fraction of sp³-hybridized carbons (Fsp3) is 0.444.